The molecule has 1 aliphatic rings. The quantitative estimate of drug-likeness (QED) is 0.355. The molecule has 0 bridgehead atoms. The van der Waals surface area contributed by atoms with Crippen LogP contribution in [0.3, 0.4) is 0 Å². The number of benzene rings is 1. The van der Waals surface area contributed by atoms with E-state index in [9.17, 15) is 0 Å². The molecule has 0 amide bonds. The fraction of sp³-hybridized carbons (Fsp3) is 0.375. The predicted octanol–water partition coefficient (Wildman–Crippen LogP) is -4.99. The number of allylic oxidation sites excluding steroid dienone is 4. The summed E-state index contributed by atoms with van der Waals surface area (Å²) in [6.07, 6.45) is 4.57. The SMILES string of the molecule is CC[Si](C)(C1=C(C)C(C)=[C-]C1)c1ccccc1.[Cl-].[Cl-].[Cl-].[Ti+4]. The van der Waals surface area contributed by atoms with Crippen LogP contribution in [-0.2, 0) is 21.7 Å². The second-order valence-electron chi connectivity index (χ2n) is 5.13. The normalized spacial score (nSPS) is 15.5. The zero-order valence-corrected chi connectivity index (χ0v) is 17.8. The smallest absolute Gasteiger partial charge is 1.00 e. The molecule has 0 aliphatic heterocycles. The molecule has 1 aliphatic carbocycles. The first-order valence-corrected chi connectivity index (χ1v) is 9.14. The van der Waals surface area contributed by atoms with Crippen LogP contribution < -0.4 is 42.4 Å². The first-order chi connectivity index (χ1) is 8.09. The molecular formula is C16H21Cl3SiTi. The van der Waals surface area contributed by atoms with Gasteiger partial charge in [-0.15, -0.1) is 13.3 Å². The van der Waals surface area contributed by atoms with E-state index >= 15 is 0 Å². The minimum atomic E-state index is -1.48. The Morgan fingerprint density at radius 2 is 1.57 bits per heavy atom. The predicted molar refractivity (Wildman–Crippen MR) is 77.9 cm³/mol. The average molecular weight is 396 g/mol. The number of rotatable bonds is 3. The van der Waals surface area contributed by atoms with E-state index in [1.54, 1.807) is 10.4 Å². The first-order valence-electron chi connectivity index (χ1n) is 6.43. The van der Waals surface area contributed by atoms with Crippen LogP contribution in [0.15, 0.2) is 46.7 Å². The molecule has 0 saturated carbocycles. The summed E-state index contributed by atoms with van der Waals surface area (Å²) in [5, 5.41) is 3.25. The summed E-state index contributed by atoms with van der Waals surface area (Å²) in [7, 11) is -1.48. The van der Waals surface area contributed by atoms with Gasteiger partial charge in [-0.2, -0.15) is 5.20 Å². The zero-order valence-electron chi connectivity index (χ0n) is 12.9. The van der Waals surface area contributed by atoms with Gasteiger partial charge >= 0.3 is 21.7 Å². The van der Waals surface area contributed by atoms with E-state index in [-0.39, 0.29) is 58.9 Å². The largest absolute Gasteiger partial charge is 4.00 e. The van der Waals surface area contributed by atoms with Gasteiger partial charge in [-0.1, -0.05) is 62.0 Å². The van der Waals surface area contributed by atoms with Crippen LogP contribution in [0, 0.1) is 6.08 Å². The van der Waals surface area contributed by atoms with Gasteiger partial charge in [-0.3, -0.25) is 6.08 Å². The summed E-state index contributed by atoms with van der Waals surface area (Å²) < 4.78 is 0. The minimum absolute atomic E-state index is 0. The van der Waals surface area contributed by atoms with E-state index in [1.807, 2.05) is 0 Å². The van der Waals surface area contributed by atoms with Crippen LogP contribution in [0.1, 0.15) is 27.2 Å². The standard InChI is InChI=1S/C16H21Si.3ClH.Ti/c1-5-17(4,15-9-7-6-8-10-15)16-12-11-13(2)14(16)3;;;;/h6-10H,5,12H2,1-4H3;3*1H;/q-1;;;;+4/p-3. The maximum absolute atomic E-state index is 3.51. The van der Waals surface area contributed by atoms with Crippen molar-refractivity contribution in [2.75, 3.05) is 0 Å². The number of hydrogen-bond donors (Lipinski definition) is 0. The van der Waals surface area contributed by atoms with E-state index in [0.717, 1.165) is 6.42 Å². The topological polar surface area (TPSA) is 0 Å². The Hall–Kier alpha value is 0.501. The van der Waals surface area contributed by atoms with Crippen molar-refractivity contribution < 1.29 is 58.9 Å². The van der Waals surface area contributed by atoms with E-state index in [0.29, 0.717) is 0 Å². The van der Waals surface area contributed by atoms with Gasteiger partial charge in [0, 0.05) is 0 Å². The summed E-state index contributed by atoms with van der Waals surface area (Å²) in [4.78, 5) is 0. The molecule has 0 heterocycles. The summed E-state index contributed by atoms with van der Waals surface area (Å²) in [6.45, 7) is 9.31. The van der Waals surface area contributed by atoms with Crippen LogP contribution >= 0.6 is 0 Å². The molecule has 1 unspecified atom stereocenters. The fourth-order valence-electron chi connectivity index (χ4n) is 2.72. The van der Waals surface area contributed by atoms with Crippen LogP contribution in [0.2, 0.25) is 12.6 Å². The molecule has 0 fully saturated rings. The molecule has 114 valence electrons. The third-order valence-electron chi connectivity index (χ3n) is 4.33. The molecule has 0 nitrogen and oxygen atoms in total. The first kappa shape index (κ1) is 26.4. The van der Waals surface area contributed by atoms with E-state index in [1.165, 1.54) is 17.2 Å². The molecule has 5 heteroatoms. The van der Waals surface area contributed by atoms with Crippen molar-refractivity contribution in [3.63, 3.8) is 0 Å². The maximum Gasteiger partial charge on any atom is 4.00 e. The van der Waals surface area contributed by atoms with Crippen LogP contribution in [0.25, 0.3) is 0 Å². The molecule has 0 saturated heterocycles. The molecule has 1 aromatic rings. The molecule has 2 rings (SSSR count). The molecule has 1 atom stereocenters. The summed E-state index contributed by atoms with van der Waals surface area (Å²) in [5.74, 6) is 0. The van der Waals surface area contributed by atoms with Gasteiger partial charge in [0.25, 0.3) is 0 Å². The van der Waals surface area contributed by atoms with Crippen LogP contribution in [0.5, 0.6) is 0 Å². The monoisotopic (exact) mass is 394 g/mol. The Morgan fingerprint density at radius 1 is 1.05 bits per heavy atom. The molecule has 0 aromatic heterocycles. The van der Waals surface area contributed by atoms with Crippen molar-refractivity contribution in [2.45, 2.75) is 39.8 Å². The van der Waals surface area contributed by atoms with E-state index in [4.69, 9.17) is 0 Å². The van der Waals surface area contributed by atoms with Crippen molar-refractivity contribution in [1.82, 2.24) is 0 Å². The van der Waals surface area contributed by atoms with Gasteiger partial charge in [0.15, 0.2) is 0 Å². The van der Waals surface area contributed by atoms with Crippen molar-refractivity contribution in [1.29, 1.82) is 0 Å². The Morgan fingerprint density at radius 3 is 1.95 bits per heavy atom. The minimum Gasteiger partial charge on any atom is -1.00 e. The molecule has 0 N–H and O–H groups in total. The van der Waals surface area contributed by atoms with E-state index in [2.05, 4.69) is 63.7 Å². The van der Waals surface area contributed by atoms with Gasteiger partial charge < -0.3 is 37.2 Å². The van der Waals surface area contributed by atoms with Crippen molar-refractivity contribution in [3.8, 4) is 0 Å². The molecule has 21 heavy (non-hydrogen) atoms. The molecular weight excluding hydrogens is 374 g/mol. The van der Waals surface area contributed by atoms with Gasteiger partial charge in [0.05, 0.1) is 8.07 Å². The Kier molecular flexibility index (Phi) is 14.0. The summed E-state index contributed by atoms with van der Waals surface area (Å²) in [5.41, 5.74) is 2.87. The number of halogens is 3. The second kappa shape index (κ2) is 11.1. The van der Waals surface area contributed by atoms with Crippen molar-refractivity contribution in [3.05, 3.63) is 52.8 Å². The van der Waals surface area contributed by atoms with Gasteiger partial charge in [0.1, 0.15) is 0 Å². The summed E-state index contributed by atoms with van der Waals surface area (Å²) in [6, 6.07) is 12.3. The van der Waals surface area contributed by atoms with Crippen LogP contribution in [-0.4, -0.2) is 8.07 Å². The van der Waals surface area contributed by atoms with E-state index < -0.39 is 8.07 Å². The van der Waals surface area contributed by atoms with Gasteiger partial charge in [-0.05, 0) is 0 Å². The van der Waals surface area contributed by atoms with Crippen LogP contribution in [0.4, 0.5) is 0 Å². The zero-order chi connectivity index (χ0) is 12.5. The maximum atomic E-state index is 3.51. The van der Waals surface area contributed by atoms with Crippen molar-refractivity contribution in [2.24, 2.45) is 0 Å². The summed E-state index contributed by atoms with van der Waals surface area (Å²) >= 11 is 0. The van der Waals surface area contributed by atoms with Gasteiger partial charge in [0.2, 0.25) is 0 Å². The second-order valence-corrected chi connectivity index (χ2v) is 9.69. The fourth-order valence-corrected chi connectivity index (χ4v) is 6.32. The molecule has 0 radical (unpaired) electrons. The van der Waals surface area contributed by atoms with Crippen molar-refractivity contribution >= 4 is 13.3 Å². The average Bonchev–Trinajstić information content (AvgIpc) is 2.71. The molecule has 1 aromatic carbocycles. The number of hydrogen-bond acceptors (Lipinski definition) is 0. The molecule has 0 spiro atoms. The Labute approximate surface area is 164 Å². The third kappa shape index (κ3) is 5.27. The third-order valence-corrected chi connectivity index (χ3v) is 9.24. The Balaban J connectivity index is -0.000000810. The Bertz CT molecular complexity index is 486. The van der Waals surface area contributed by atoms with Gasteiger partial charge in [-0.25, -0.2) is 11.1 Å².